The number of aromatic nitrogens is 2. The number of anilines is 1. The molecular formula is C25H25N3OS. The molecule has 0 saturated carbocycles. The smallest absolute Gasteiger partial charge is 0.225 e. The van der Waals surface area contributed by atoms with Gasteiger partial charge in [-0.1, -0.05) is 60.7 Å². The average molecular weight is 416 g/mol. The predicted molar refractivity (Wildman–Crippen MR) is 125 cm³/mol. The van der Waals surface area contributed by atoms with Gasteiger partial charge in [0.1, 0.15) is 5.69 Å². The van der Waals surface area contributed by atoms with E-state index in [0.717, 1.165) is 46.0 Å². The molecule has 1 aliphatic rings. The zero-order valence-electron chi connectivity index (χ0n) is 17.3. The molecule has 0 radical (unpaired) electrons. The van der Waals surface area contributed by atoms with Crippen LogP contribution in [0.25, 0.3) is 16.2 Å². The number of carbonyl (C=O) groups excluding carboxylic acids is 1. The number of nitrogens with zero attached hydrogens (tertiary/aromatic N) is 2. The van der Waals surface area contributed by atoms with Crippen LogP contribution in [0.4, 0.5) is 5.82 Å². The maximum Gasteiger partial charge on any atom is 0.225 e. The van der Waals surface area contributed by atoms with Crippen LogP contribution in [0, 0.1) is 0 Å². The number of amides is 1. The molecule has 5 heteroatoms. The van der Waals surface area contributed by atoms with Crippen molar-refractivity contribution in [2.45, 2.75) is 32.6 Å². The predicted octanol–water partition coefficient (Wildman–Crippen LogP) is 5.54. The summed E-state index contributed by atoms with van der Waals surface area (Å²) in [7, 11) is 0. The minimum absolute atomic E-state index is 0.0397. The first-order valence-corrected chi connectivity index (χ1v) is 11.5. The van der Waals surface area contributed by atoms with Gasteiger partial charge in [-0.05, 0) is 43.6 Å². The Morgan fingerprint density at radius 3 is 2.60 bits per heavy atom. The molecule has 0 spiro atoms. The van der Waals surface area contributed by atoms with Crippen molar-refractivity contribution in [2.75, 3.05) is 11.6 Å². The van der Waals surface area contributed by atoms with Crippen molar-refractivity contribution in [3.63, 3.8) is 0 Å². The van der Waals surface area contributed by atoms with Crippen molar-refractivity contribution in [2.24, 2.45) is 0 Å². The number of nitrogens with one attached hydrogen (secondary N) is 1. The number of hydrogen-bond donors (Lipinski definition) is 1. The highest BCUT2D eigenvalue weighted by molar-refractivity contribution is 8.07. The molecule has 0 fully saturated rings. The molecule has 152 valence electrons. The standard InChI is InChI=1S/C25H25N3OS/c1-3-21(30-2)24-25(27-22(29)16-13-17-9-5-4-6-10-17)26-20-15-14-18-11-7-8-12-19(18)23(20)28-24/h3-12H,13-16H2,1-2H3,(H,26,27,29)/b21-3-. The van der Waals surface area contributed by atoms with Crippen LogP contribution in [0.5, 0.6) is 0 Å². The Hall–Kier alpha value is -2.92. The summed E-state index contributed by atoms with van der Waals surface area (Å²) in [6.07, 6.45) is 6.93. The number of rotatable bonds is 6. The average Bonchev–Trinajstić information content (AvgIpc) is 2.79. The van der Waals surface area contributed by atoms with E-state index >= 15 is 0 Å². The van der Waals surface area contributed by atoms with Gasteiger partial charge in [0.05, 0.1) is 11.4 Å². The highest BCUT2D eigenvalue weighted by Crippen LogP contribution is 2.36. The molecule has 1 N–H and O–H groups in total. The number of thioether (sulfide) groups is 1. The van der Waals surface area contributed by atoms with E-state index < -0.39 is 0 Å². The van der Waals surface area contributed by atoms with E-state index in [2.05, 4.69) is 23.5 Å². The molecule has 1 aromatic heterocycles. The summed E-state index contributed by atoms with van der Waals surface area (Å²) >= 11 is 1.61. The lowest BCUT2D eigenvalue weighted by Gasteiger charge is -2.21. The van der Waals surface area contributed by atoms with Gasteiger partial charge in [-0.25, -0.2) is 9.97 Å². The van der Waals surface area contributed by atoms with E-state index in [4.69, 9.17) is 9.97 Å². The molecule has 0 saturated heterocycles. The van der Waals surface area contributed by atoms with Gasteiger partial charge in [0.25, 0.3) is 0 Å². The summed E-state index contributed by atoms with van der Waals surface area (Å²) in [5.41, 5.74) is 6.23. The normalized spacial score (nSPS) is 12.8. The SMILES string of the molecule is C/C=C(\SC)c1nc2c(nc1NC(=O)CCc1ccccc1)CCc1ccccc1-2. The number of aryl methyl sites for hydroxylation is 3. The van der Waals surface area contributed by atoms with Crippen molar-refractivity contribution in [1.82, 2.24) is 9.97 Å². The number of hydrogen-bond acceptors (Lipinski definition) is 4. The third-order valence-corrected chi connectivity index (χ3v) is 6.20. The molecule has 4 nitrogen and oxygen atoms in total. The fraction of sp³-hybridized carbons (Fsp3) is 0.240. The molecule has 3 aromatic rings. The maximum absolute atomic E-state index is 12.7. The van der Waals surface area contributed by atoms with Crippen molar-refractivity contribution in [1.29, 1.82) is 0 Å². The van der Waals surface area contributed by atoms with E-state index in [-0.39, 0.29) is 5.91 Å². The van der Waals surface area contributed by atoms with Crippen molar-refractivity contribution in [3.05, 3.63) is 83.2 Å². The van der Waals surface area contributed by atoms with Crippen LogP contribution in [-0.2, 0) is 24.1 Å². The number of fused-ring (bicyclic) bond motifs is 3. The van der Waals surface area contributed by atoms with Gasteiger partial charge < -0.3 is 5.32 Å². The molecule has 4 rings (SSSR count). The van der Waals surface area contributed by atoms with Crippen LogP contribution < -0.4 is 5.32 Å². The second kappa shape index (κ2) is 9.26. The van der Waals surface area contributed by atoms with E-state index in [1.54, 1.807) is 11.8 Å². The van der Waals surface area contributed by atoms with Gasteiger partial charge in [-0.2, -0.15) is 0 Å². The second-order valence-corrected chi connectivity index (χ2v) is 8.11. The highest BCUT2D eigenvalue weighted by atomic mass is 32.2. The lowest BCUT2D eigenvalue weighted by molar-refractivity contribution is -0.116. The lowest BCUT2D eigenvalue weighted by atomic mass is 9.92. The fourth-order valence-electron chi connectivity index (χ4n) is 3.79. The first kappa shape index (κ1) is 20.4. The summed E-state index contributed by atoms with van der Waals surface area (Å²) in [6.45, 7) is 1.99. The van der Waals surface area contributed by atoms with Crippen molar-refractivity contribution in [3.8, 4) is 11.3 Å². The van der Waals surface area contributed by atoms with Crippen LogP contribution >= 0.6 is 11.8 Å². The molecular weight excluding hydrogens is 390 g/mol. The van der Waals surface area contributed by atoms with Gasteiger partial charge in [-0.15, -0.1) is 11.8 Å². The van der Waals surface area contributed by atoms with Gasteiger partial charge in [-0.3, -0.25) is 4.79 Å². The quantitative estimate of drug-likeness (QED) is 0.574. The zero-order valence-corrected chi connectivity index (χ0v) is 18.1. The van der Waals surface area contributed by atoms with Gasteiger partial charge in [0.2, 0.25) is 5.91 Å². The largest absolute Gasteiger partial charge is 0.309 e. The van der Waals surface area contributed by atoms with Gasteiger partial charge in [0.15, 0.2) is 5.82 Å². The minimum Gasteiger partial charge on any atom is -0.309 e. The molecule has 1 heterocycles. The number of allylic oxidation sites excluding steroid dienone is 1. The molecule has 30 heavy (non-hydrogen) atoms. The third kappa shape index (κ3) is 4.31. The summed E-state index contributed by atoms with van der Waals surface area (Å²) in [5, 5.41) is 3.04. The van der Waals surface area contributed by atoms with Crippen LogP contribution in [0.15, 0.2) is 60.7 Å². The van der Waals surface area contributed by atoms with E-state index in [0.29, 0.717) is 18.7 Å². The molecule has 0 aliphatic heterocycles. The number of benzene rings is 2. The maximum atomic E-state index is 12.7. The monoisotopic (exact) mass is 415 g/mol. The van der Waals surface area contributed by atoms with Crippen LogP contribution in [0.2, 0.25) is 0 Å². The molecule has 1 aliphatic carbocycles. The van der Waals surface area contributed by atoms with Crippen molar-refractivity contribution >= 4 is 28.4 Å². The Bertz CT molecular complexity index is 1090. The number of carbonyl (C=O) groups is 1. The summed E-state index contributed by atoms with van der Waals surface area (Å²) in [4.78, 5) is 23.6. The topological polar surface area (TPSA) is 54.9 Å². The zero-order chi connectivity index (χ0) is 20.9. The Balaban J connectivity index is 1.65. The Kier molecular flexibility index (Phi) is 6.29. The van der Waals surface area contributed by atoms with Crippen LogP contribution in [-0.4, -0.2) is 22.1 Å². The Labute approximate surface area is 181 Å². The molecule has 1 amide bonds. The van der Waals surface area contributed by atoms with Crippen LogP contribution in [0.1, 0.15) is 35.9 Å². The fourth-order valence-corrected chi connectivity index (χ4v) is 4.36. The molecule has 0 bridgehead atoms. The molecule has 2 aromatic carbocycles. The lowest BCUT2D eigenvalue weighted by Crippen LogP contribution is -2.18. The van der Waals surface area contributed by atoms with Crippen LogP contribution in [0.3, 0.4) is 0 Å². The first-order valence-electron chi connectivity index (χ1n) is 10.2. The van der Waals surface area contributed by atoms with E-state index in [9.17, 15) is 4.79 Å². The molecule has 0 unspecified atom stereocenters. The minimum atomic E-state index is -0.0397. The Morgan fingerprint density at radius 2 is 1.83 bits per heavy atom. The van der Waals surface area contributed by atoms with E-state index in [1.165, 1.54) is 5.56 Å². The summed E-state index contributed by atoms with van der Waals surface area (Å²) in [5.74, 6) is 0.524. The summed E-state index contributed by atoms with van der Waals surface area (Å²) in [6, 6.07) is 18.4. The van der Waals surface area contributed by atoms with Crippen molar-refractivity contribution < 1.29 is 4.79 Å². The van der Waals surface area contributed by atoms with Gasteiger partial charge >= 0.3 is 0 Å². The second-order valence-electron chi connectivity index (χ2n) is 7.26. The summed E-state index contributed by atoms with van der Waals surface area (Å²) < 4.78 is 0. The third-order valence-electron chi connectivity index (χ3n) is 5.33. The Morgan fingerprint density at radius 1 is 1.07 bits per heavy atom. The van der Waals surface area contributed by atoms with E-state index in [1.807, 2.05) is 55.7 Å². The first-order chi connectivity index (χ1) is 14.7. The highest BCUT2D eigenvalue weighted by Gasteiger charge is 2.23. The van der Waals surface area contributed by atoms with Gasteiger partial charge in [0, 0.05) is 16.9 Å². The molecule has 0 atom stereocenters.